The van der Waals surface area contributed by atoms with Crippen LogP contribution in [0.2, 0.25) is 0 Å². The molecule has 0 aliphatic carbocycles. The quantitative estimate of drug-likeness (QED) is 0.908. The van der Waals surface area contributed by atoms with Crippen LogP contribution in [-0.4, -0.2) is 35.6 Å². The van der Waals surface area contributed by atoms with Crippen LogP contribution in [0.1, 0.15) is 33.6 Å². The lowest BCUT2D eigenvalue weighted by molar-refractivity contribution is -0.121. The fourth-order valence-electron chi connectivity index (χ4n) is 2.46. The summed E-state index contributed by atoms with van der Waals surface area (Å²) >= 11 is 0. The monoisotopic (exact) mass is 322 g/mol. The number of rotatable bonds is 2. The first kappa shape index (κ1) is 17.2. The molecule has 0 unspecified atom stereocenters. The van der Waals surface area contributed by atoms with Crippen LogP contribution in [0.3, 0.4) is 0 Å². The summed E-state index contributed by atoms with van der Waals surface area (Å²) in [7, 11) is 0. The highest BCUT2D eigenvalue weighted by atomic mass is 19.1. The second-order valence-corrected chi connectivity index (χ2v) is 6.74. The third kappa shape index (κ3) is 5.23. The molecule has 1 aliphatic heterocycles. The molecule has 2 rings (SSSR count). The summed E-state index contributed by atoms with van der Waals surface area (Å²) in [6.07, 6.45) is 0.794. The third-order valence-corrected chi connectivity index (χ3v) is 3.61. The van der Waals surface area contributed by atoms with Crippen LogP contribution < -0.4 is 5.32 Å². The van der Waals surface area contributed by atoms with Gasteiger partial charge in [0.1, 0.15) is 11.4 Å². The molecule has 0 spiro atoms. The molecule has 0 bridgehead atoms. The van der Waals surface area contributed by atoms with Crippen molar-refractivity contribution in [2.45, 2.75) is 39.2 Å². The molecule has 0 atom stereocenters. The van der Waals surface area contributed by atoms with E-state index in [0.717, 1.165) is 0 Å². The van der Waals surface area contributed by atoms with Crippen molar-refractivity contribution in [1.82, 2.24) is 4.90 Å². The molecule has 1 aliphatic rings. The molecule has 1 saturated heterocycles. The Bertz CT molecular complexity index is 575. The summed E-state index contributed by atoms with van der Waals surface area (Å²) in [5.41, 5.74) is -0.0764. The molecule has 1 heterocycles. The molecule has 2 amide bonds. The van der Waals surface area contributed by atoms with E-state index in [1.165, 1.54) is 12.1 Å². The van der Waals surface area contributed by atoms with Crippen LogP contribution in [0, 0.1) is 11.7 Å². The molecule has 1 fully saturated rings. The first-order valence-electron chi connectivity index (χ1n) is 7.79. The number of hydrogen-bond acceptors (Lipinski definition) is 3. The number of carbonyl (C=O) groups is 2. The van der Waals surface area contributed by atoms with E-state index in [-0.39, 0.29) is 23.7 Å². The third-order valence-electron chi connectivity index (χ3n) is 3.61. The summed E-state index contributed by atoms with van der Waals surface area (Å²) < 4.78 is 18.5. The lowest BCUT2D eigenvalue weighted by atomic mass is 9.96. The van der Waals surface area contributed by atoms with Crippen LogP contribution in [-0.2, 0) is 9.53 Å². The minimum Gasteiger partial charge on any atom is -0.444 e. The van der Waals surface area contributed by atoms with Gasteiger partial charge in [-0.05, 0) is 51.8 Å². The van der Waals surface area contributed by atoms with Gasteiger partial charge >= 0.3 is 6.09 Å². The van der Waals surface area contributed by atoms with E-state index >= 15 is 0 Å². The van der Waals surface area contributed by atoms with Gasteiger partial charge in [0.15, 0.2) is 0 Å². The Hall–Kier alpha value is -2.11. The number of hydrogen-bond donors (Lipinski definition) is 1. The fraction of sp³-hybridized carbons (Fsp3) is 0.529. The van der Waals surface area contributed by atoms with Gasteiger partial charge in [-0.3, -0.25) is 4.79 Å². The zero-order valence-electron chi connectivity index (χ0n) is 13.8. The molecule has 6 heteroatoms. The molecule has 5 nitrogen and oxygen atoms in total. The van der Waals surface area contributed by atoms with Gasteiger partial charge in [-0.2, -0.15) is 0 Å². The minimum absolute atomic E-state index is 0.139. The predicted molar refractivity (Wildman–Crippen MR) is 85.6 cm³/mol. The van der Waals surface area contributed by atoms with Crippen LogP contribution in [0.15, 0.2) is 24.3 Å². The van der Waals surface area contributed by atoms with Gasteiger partial charge in [0.25, 0.3) is 0 Å². The molecular weight excluding hydrogens is 299 g/mol. The number of amides is 2. The summed E-state index contributed by atoms with van der Waals surface area (Å²) in [5.74, 6) is -0.709. The zero-order chi connectivity index (χ0) is 17.0. The molecule has 0 aromatic heterocycles. The van der Waals surface area contributed by atoms with Crippen molar-refractivity contribution < 1.29 is 18.7 Å². The van der Waals surface area contributed by atoms with Gasteiger partial charge < -0.3 is 15.0 Å². The van der Waals surface area contributed by atoms with Crippen molar-refractivity contribution in [2.75, 3.05) is 18.4 Å². The fourth-order valence-corrected chi connectivity index (χ4v) is 2.46. The van der Waals surface area contributed by atoms with Crippen LogP contribution in [0.5, 0.6) is 0 Å². The van der Waals surface area contributed by atoms with Crippen molar-refractivity contribution in [3.63, 3.8) is 0 Å². The van der Waals surface area contributed by atoms with Gasteiger partial charge in [0, 0.05) is 24.7 Å². The van der Waals surface area contributed by atoms with Gasteiger partial charge in [0.05, 0.1) is 0 Å². The number of anilines is 1. The molecular formula is C17H23FN2O3. The smallest absolute Gasteiger partial charge is 0.410 e. The Morgan fingerprint density at radius 3 is 2.48 bits per heavy atom. The summed E-state index contributed by atoms with van der Waals surface area (Å²) in [6, 6.07) is 5.82. The molecule has 1 aromatic carbocycles. The van der Waals surface area contributed by atoms with Gasteiger partial charge in [-0.1, -0.05) is 6.07 Å². The van der Waals surface area contributed by atoms with E-state index in [2.05, 4.69) is 5.32 Å². The molecule has 23 heavy (non-hydrogen) atoms. The molecule has 1 aromatic rings. The molecule has 0 saturated carbocycles. The highest BCUT2D eigenvalue weighted by Crippen LogP contribution is 2.21. The maximum Gasteiger partial charge on any atom is 0.410 e. The van der Waals surface area contributed by atoms with E-state index in [0.29, 0.717) is 31.6 Å². The van der Waals surface area contributed by atoms with E-state index in [4.69, 9.17) is 4.74 Å². The normalized spacial score (nSPS) is 16.1. The first-order chi connectivity index (χ1) is 10.7. The Labute approximate surface area is 135 Å². The van der Waals surface area contributed by atoms with Gasteiger partial charge in [0.2, 0.25) is 5.91 Å². The predicted octanol–water partition coefficient (Wildman–Crippen LogP) is 3.41. The standard InChI is InChI=1S/C17H23FN2O3/c1-17(2,3)23-16(22)20-9-7-12(8-10-20)15(21)19-14-6-4-5-13(18)11-14/h4-6,11-12H,7-10H2,1-3H3,(H,19,21). The number of nitrogens with one attached hydrogen (secondary N) is 1. The van der Waals surface area contributed by atoms with Crippen LogP contribution >= 0.6 is 0 Å². The molecule has 126 valence electrons. The number of piperidine rings is 1. The van der Waals surface area contributed by atoms with Crippen molar-refractivity contribution in [3.8, 4) is 0 Å². The number of ether oxygens (including phenoxy) is 1. The lowest BCUT2D eigenvalue weighted by Gasteiger charge is -2.32. The van der Waals surface area contributed by atoms with Crippen LogP contribution in [0.25, 0.3) is 0 Å². The van der Waals surface area contributed by atoms with E-state index in [1.54, 1.807) is 17.0 Å². The SMILES string of the molecule is CC(C)(C)OC(=O)N1CCC(C(=O)Nc2cccc(F)c2)CC1. The number of halogens is 1. The number of carbonyl (C=O) groups excluding carboxylic acids is 2. The topological polar surface area (TPSA) is 58.6 Å². The summed E-state index contributed by atoms with van der Waals surface area (Å²) in [5, 5.41) is 2.72. The van der Waals surface area contributed by atoms with Crippen molar-refractivity contribution in [1.29, 1.82) is 0 Å². The lowest BCUT2D eigenvalue weighted by Crippen LogP contribution is -2.43. The van der Waals surface area contributed by atoms with Gasteiger partial charge in [-0.15, -0.1) is 0 Å². The average molecular weight is 322 g/mol. The first-order valence-corrected chi connectivity index (χ1v) is 7.79. The molecule has 0 radical (unpaired) electrons. The highest BCUT2D eigenvalue weighted by molar-refractivity contribution is 5.92. The zero-order valence-corrected chi connectivity index (χ0v) is 13.8. The maximum atomic E-state index is 13.1. The maximum absolute atomic E-state index is 13.1. The van der Waals surface area contributed by atoms with E-state index in [9.17, 15) is 14.0 Å². The van der Waals surface area contributed by atoms with Crippen molar-refractivity contribution >= 4 is 17.7 Å². The van der Waals surface area contributed by atoms with E-state index in [1.807, 2.05) is 20.8 Å². The Morgan fingerprint density at radius 1 is 1.26 bits per heavy atom. The van der Waals surface area contributed by atoms with Crippen LogP contribution in [0.4, 0.5) is 14.9 Å². The van der Waals surface area contributed by atoms with Crippen molar-refractivity contribution in [3.05, 3.63) is 30.1 Å². The highest BCUT2D eigenvalue weighted by Gasteiger charge is 2.29. The van der Waals surface area contributed by atoms with Gasteiger partial charge in [-0.25, -0.2) is 9.18 Å². The molecule has 1 N–H and O–H groups in total. The number of nitrogens with zero attached hydrogens (tertiary/aromatic N) is 1. The Morgan fingerprint density at radius 2 is 1.91 bits per heavy atom. The summed E-state index contributed by atoms with van der Waals surface area (Å²) in [6.45, 7) is 6.44. The second kappa shape index (κ2) is 6.98. The number of benzene rings is 1. The Kier molecular flexibility index (Phi) is 5.23. The number of likely N-dealkylation sites (tertiary alicyclic amines) is 1. The Balaban J connectivity index is 1.84. The van der Waals surface area contributed by atoms with E-state index < -0.39 is 5.60 Å². The summed E-state index contributed by atoms with van der Waals surface area (Å²) in [4.78, 5) is 25.8. The minimum atomic E-state index is -0.525. The van der Waals surface area contributed by atoms with Crippen molar-refractivity contribution in [2.24, 2.45) is 5.92 Å². The average Bonchev–Trinajstić information content (AvgIpc) is 2.45. The largest absolute Gasteiger partial charge is 0.444 e. The second-order valence-electron chi connectivity index (χ2n) is 6.74.